The van der Waals surface area contributed by atoms with E-state index in [1.807, 2.05) is 24.3 Å². The van der Waals surface area contributed by atoms with Crippen LogP contribution >= 0.6 is 0 Å². The zero-order chi connectivity index (χ0) is 16.7. The highest BCUT2D eigenvalue weighted by atomic mass is 16.5. The number of ether oxygens (including phenoxy) is 4. The Bertz CT molecular complexity index is 655. The third-order valence-electron chi connectivity index (χ3n) is 3.16. The maximum Gasteiger partial charge on any atom is 0.411 e. The molecule has 0 radical (unpaired) electrons. The third-order valence-corrected chi connectivity index (χ3v) is 3.16. The van der Waals surface area contributed by atoms with Crippen LogP contribution in [0.25, 0.3) is 0 Å². The van der Waals surface area contributed by atoms with E-state index >= 15 is 0 Å². The van der Waals surface area contributed by atoms with Gasteiger partial charge in [0.25, 0.3) is 0 Å². The summed E-state index contributed by atoms with van der Waals surface area (Å²) in [4.78, 5) is 11.8. The highest BCUT2D eigenvalue weighted by Gasteiger charge is 2.08. The molecule has 2 aromatic rings. The van der Waals surface area contributed by atoms with Crippen molar-refractivity contribution in [2.24, 2.45) is 0 Å². The van der Waals surface area contributed by atoms with Gasteiger partial charge >= 0.3 is 6.09 Å². The van der Waals surface area contributed by atoms with E-state index in [0.29, 0.717) is 17.2 Å². The maximum atomic E-state index is 11.8. The minimum absolute atomic E-state index is 0.170. The van der Waals surface area contributed by atoms with Gasteiger partial charge in [-0.15, -0.1) is 0 Å². The highest BCUT2D eigenvalue weighted by Crippen LogP contribution is 2.29. The number of rotatable bonds is 6. The molecule has 0 unspecified atom stereocenters. The van der Waals surface area contributed by atoms with Crippen LogP contribution in [0.15, 0.2) is 42.5 Å². The van der Waals surface area contributed by atoms with Gasteiger partial charge in [-0.2, -0.15) is 0 Å². The Labute approximate surface area is 134 Å². The SMILES string of the molecule is COc1ccc(COC(=O)Nc2ccc(OC)c(OC)c2)cc1. The number of carbonyl (C=O) groups is 1. The van der Waals surface area contributed by atoms with E-state index in [9.17, 15) is 4.79 Å². The van der Waals surface area contributed by atoms with E-state index in [0.717, 1.165) is 11.3 Å². The van der Waals surface area contributed by atoms with Crippen LogP contribution in [0.5, 0.6) is 17.2 Å². The van der Waals surface area contributed by atoms with E-state index in [2.05, 4.69) is 5.32 Å². The van der Waals surface area contributed by atoms with Crippen molar-refractivity contribution in [3.8, 4) is 17.2 Å². The Hall–Kier alpha value is -2.89. The molecule has 0 bridgehead atoms. The number of hydrogen-bond donors (Lipinski definition) is 1. The first kappa shape index (κ1) is 16.5. The second kappa shape index (κ2) is 7.93. The van der Waals surface area contributed by atoms with E-state index in [4.69, 9.17) is 18.9 Å². The lowest BCUT2D eigenvalue weighted by Gasteiger charge is -2.11. The molecule has 2 rings (SSSR count). The van der Waals surface area contributed by atoms with Crippen LogP contribution in [0.1, 0.15) is 5.56 Å². The summed E-state index contributed by atoms with van der Waals surface area (Å²) < 4.78 is 20.6. The summed E-state index contributed by atoms with van der Waals surface area (Å²) in [5, 5.41) is 2.64. The van der Waals surface area contributed by atoms with Crippen LogP contribution in [0.2, 0.25) is 0 Å². The van der Waals surface area contributed by atoms with Crippen molar-refractivity contribution >= 4 is 11.8 Å². The Balaban J connectivity index is 1.91. The van der Waals surface area contributed by atoms with Crippen molar-refractivity contribution in [2.75, 3.05) is 26.6 Å². The fourth-order valence-electron chi connectivity index (χ4n) is 1.94. The van der Waals surface area contributed by atoms with Crippen LogP contribution in [-0.2, 0) is 11.3 Å². The average molecular weight is 317 g/mol. The lowest BCUT2D eigenvalue weighted by atomic mass is 10.2. The molecule has 0 saturated heterocycles. The third kappa shape index (κ3) is 4.54. The van der Waals surface area contributed by atoms with Gasteiger partial charge in [-0.1, -0.05) is 12.1 Å². The van der Waals surface area contributed by atoms with Crippen molar-refractivity contribution in [3.05, 3.63) is 48.0 Å². The van der Waals surface area contributed by atoms with Crippen LogP contribution in [-0.4, -0.2) is 27.4 Å². The Kier molecular flexibility index (Phi) is 5.68. The first-order valence-electron chi connectivity index (χ1n) is 6.95. The number of hydrogen-bond acceptors (Lipinski definition) is 5. The maximum absolute atomic E-state index is 11.8. The standard InChI is InChI=1S/C17H19NO5/c1-20-14-7-4-12(5-8-14)11-23-17(19)18-13-6-9-15(21-2)16(10-13)22-3/h4-10H,11H2,1-3H3,(H,18,19). The summed E-state index contributed by atoms with van der Waals surface area (Å²) in [7, 11) is 4.68. The van der Waals surface area contributed by atoms with Gasteiger partial charge in [-0.25, -0.2) is 4.79 Å². The van der Waals surface area contributed by atoms with Gasteiger partial charge in [0.2, 0.25) is 0 Å². The molecule has 6 heteroatoms. The van der Waals surface area contributed by atoms with Gasteiger partial charge in [0.05, 0.1) is 21.3 Å². The molecule has 0 aliphatic heterocycles. The van der Waals surface area contributed by atoms with Crippen LogP contribution in [0.4, 0.5) is 10.5 Å². The van der Waals surface area contributed by atoms with Crippen molar-refractivity contribution in [2.45, 2.75) is 6.61 Å². The molecule has 122 valence electrons. The molecule has 23 heavy (non-hydrogen) atoms. The second-order valence-electron chi connectivity index (χ2n) is 4.62. The smallest absolute Gasteiger partial charge is 0.411 e. The minimum atomic E-state index is -0.548. The van der Waals surface area contributed by atoms with E-state index in [1.165, 1.54) is 7.11 Å². The minimum Gasteiger partial charge on any atom is -0.497 e. The molecule has 0 aliphatic carbocycles. The van der Waals surface area contributed by atoms with E-state index in [1.54, 1.807) is 32.4 Å². The average Bonchev–Trinajstić information content (AvgIpc) is 2.60. The van der Waals surface area contributed by atoms with Gasteiger partial charge < -0.3 is 18.9 Å². The lowest BCUT2D eigenvalue weighted by Crippen LogP contribution is -2.13. The normalized spacial score (nSPS) is 9.87. The summed E-state index contributed by atoms with van der Waals surface area (Å²) in [6.07, 6.45) is -0.548. The molecule has 0 aromatic heterocycles. The summed E-state index contributed by atoms with van der Waals surface area (Å²) >= 11 is 0. The van der Waals surface area contributed by atoms with Crippen molar-refractivity contribution in [1.82, 2.24) is 0 Å². The van der Waals surface area contributed by atoms with Gasteiger partial charge in [-0.3, -0.25) is 5.32 Å². The van der Waals surface area contributed by atoms with Gasteiger partial charge in [0.1, 0.15) is 12.4 Å². The molecule has 6 nitrogen and oxygen atoms in total. The summed E-state index contributed by atoms with van der Waals surface area (Å²) in [6.45, 7) is 0.170. The first-order chi connectivity index (χ1) is 11.2. The van der Waals surface area contributed by atoms with E-state index < -0.39 is 6.09 Å². The molecule has 1 amide bonds. The Morgan fingerprint density at radius 3 is 2.22 bits per heavy atom. The fraction of sp³-hybridized carbons (Fsp3) is 0.235. The van der Waals surface area contributed by atoms with Crippen molar-refractivity contribution in [1.29, 1.82) is 0 Å². The zero-order valence-corrected chi connectivity index (χ0v) is 13.3. The Morgan fingerprint density at radius 1 is 0.913 bits per heavy atom. The predicted octanol–water partition coefficient (Wildman–Crippen LogP) is 3.46. The lowest BCUT2D eigenvalue weighted by molar-refractivity contribution is 0.155. The summed E-state index contributed by atoms with van der Waals surface area (Å²) in [5.41, 5.74) is 1.43. The number of nitrogens with one attached hydrogen (secondary N) is 1. The molecular weight excluding hydrogens is 298 g/mol. The number of benzene rings is 2. The largest absolute Gasteiger partial charge is 0.497 e. The molecule has 1 N–H and O–H groups in total. The topological polar surface area (TPSA) is 66.0 Å². The molecule has 0 atom stereocenters. The van der Waals surface area contributed by atoms with Gasteiger partial charge in [0, 0.05) is 11.8 Å². The summed E-state index contributed by atoms with van der Waals surface area (Å²) in [5.74, 6) is 1.87. The predicted molar refractivity (Wildman–Crippen MR) is 86.3 cm³/mol. The molecule has 2 aromatic carbocycles. The monoisotopic (exact) mass is 317 g/mol. The molecule has 0 aliphatic rings. The molecular formula is C17H19NO5. The molecule has 0 heterocycles. The summed E-state index contributed by atoms with van der Waals surface area (Å²) in [6, 6.07) is 12.4. The van der Waals surface area contributed by atoms with Gasteiger partial charge in [0.15, 0.2) is 11.5 Å². The quantitative estimate of drug-likeness (QED) is 0.884. The van der Waals surface area contributed by atoms with Crippen LogP contribution in [0, 0.1) is 0 Å². The van der Waals surface area contributed by atoms with E-state index in [-0.39, 0.29) is 6.61 Å². The number of anilines is 1. The Morgan fingerprint density at radius 2 is 1.61 bits per heavy atom. The first-order valence-corrected chi connectivity index (χ1v) is 6.95. The molecule has 0 spiro atoms. The highest BCUT2D eigenvalue weighted by molar-refractivity contribution is 5.85. The second-order valence-corrected chi connectivity index (χ2v) is 4.62. The molecule has 0 fully saturated rings. The number of methoxy groups -OCH3 is 3. The zero-order valence-electron chi connectivity index (χ0n) is 13.3. The number of amides is 1. The van der Waals surface area contributed by atoms with Crippen LogP contribution in [0.3, 0.4) is 0 Å². The van der Waals surface area contributed by atoms with Crippen molar-refractivity contribution < 1.29 is 23.7 Å². The fourth-order valence-corrected chi connectivity index (χ4v) is 1.94. The van der Waals surface area contributed by atoms with Gasteiger partial charge in [-0.05, 0) is 29.8 Å². The van der Waals surface area contributed by atoms with Crippen LogP contribution < -0.4 is 19.5 Å². The number of carbonyl (C=O) groups excluding carboxylic acids is 1. The molecule has 0 saturated carbocycles. The van der Waals surface area contributed by atoms with Crippen molar-refractivity contribution in [3.63, 3.8) is 0 Å².